The number of nitrogens with one attached hydrogen (secondary N) is 1. The predicted octanol–water partition coefficient (Wildman–Crippen LogP) is 3.32. The maximum absolute atomic E-state index is 13.8. The molecule has 1 saturated carbocycles. The molecule has 20 heavy (non-hydrogen) atoms. The summed E-state index contributed by atoms with van der Waals surface area (Å²) in [7, 11) is 0. The van der Waals surface area contributed by atoms with E-state index in [0.717, 1.165) is 31.2 Å². The van der Waals surface area contributed by atoms with Crippen LogP contribution >= 0.6 is 0 Å². The molecule has 0 bridgehead atoms. The van der Waals surface area contributed by atoms with Crippen LogP contribution in [0.3, 0.4) is 0 Å². The Morgan fingerprint density at radius 1 is 1.20 bits per heavy atom. The first-order chi connectivity index (χ1) is 9.65. The number of aliphatic hydroxyl groups is 1. The summed E-state index contributed by atoms with van der Waals surface area (Å²) in [6.45, 7) is 0. The van der Waals surface area contributed by atoms with Gasteiger partial charge >= 0.3 is 0 Å². The lowest BCUT2D eigenvalue weighted by Crippen LogP contribution is -2.24. The van der Waals surface area contributed by atoms with Crippen LogP contribution in [0.25, 0.3) is 0 Å². The second kappa shape index (κ2) is 5.52. The Morgan fingerprint density at radius 2 is 1.95 bits per heavy atom. The lowest BCUT2D eigenvalue weighted by atomic mass is 9.81. The van der Waals surface area contributed by atoms with Crippen molar-refractivity contribution in [2.75, 3.05) is 5.32 Å². The number of rotatable bonds is 2. The quantitative estimate of drug-likeness (QED) is 0.871. The molecule has 0 spiro atoms. The number of amides is 1. The second-order valence-electron chi connectivity index (χ2n) is 5.92. The van der Waals surface area contributed by atoms with Crippen molar-refractivity contribution in [2.24, 2.45) is 5.92 Å². The summed E-state index contributed by atoms with van der Waals surface area (Å²) >= 11 is 0. The molecule has 0 saturated heterocycles. The standard InChI is InChI=1S/C16H20FNO2/c17-12-8-11-6-7-14(19)18-15(11)13(9-12)16(20)10-4-2-1-3-5-10/h8-10,16,20H,1-7H2,(H,18,19). The Bertz CT molecular complexity index is 523. The Morgan fingerprint density at radius 3 is 2.70 bits per heavy atom. The summed E-state index contributed by atoms with van der Waals surface area (Å²) < 4.78 is 13.8. The van der Waals surface area contributed by atoms with Gasteiger partial charge in [-0.2, -0.15) is 0 Å². The number of fused-ring (bicyclic) bond motifs is 1. The number of carbonyl (C=O) groups excluding carboxylic acids is 1. The molecule has 1 fully saturated rings. The molecule has 1 aliphatic heterocycles. The molecule has 2 N–H and O–H groups in total. The van der Waals surface area contributed by atoms with E-state index >= 15 is 0 Å². The fourth-order valence-corrected chi connectivity index (χ4v) is 3.42. The fourth-order valence-electron chi connectivity index (χ4n) is 3.42. The van der Waals surface area contributed by atoms with Crippen molar-refractivity contribution in [1.29, 1.82) is 0 Å². The Kier molecular flexibility index (Phi) is 3.74. The SMILES string of the molecule is O=C1CCc2cc(F)cc(C(O)C3CCCCC3)c2N1. The molecule has 3 rings (SSSR count). The third kappa shape index (κ3) is 2.57. The number of hydrogen-bond acceptors (Lipinski definition) is 2. The summed E-state index contributed by atoms with van der Waals surface area (Å²) in [5.74, 6) is -0.209. The van der Waals surface area contributed by atoms with E-state index in [1.54, 1.807) is 0 Å². The van der Waals surface area contributed by atoms with Crippen molar-refractivity contribution >= 4 is 11.6 Å². The summed E-state index contributed by atoms with van der Waals surface area (Å²) in [5.41, 5.74) is 2.00. The Hall–Kier alpha value is -1.42. The van der Waals surface area contributed by atoms with E-state index < -0.39 is 6.10 Å². The molecule has 0 radical (unpaired) electrons. The number of aryl methyl sites for hydroxylation is 1. The average molecular weight is 277 g/mol. The topological polar surface area (TPSA) is 49.3 Å². The van der Waals surface area contributed by atoms with Crippen LogP contribution in [-0.4, -0.2) is 11.0 Å². The van der Waals surface area contributed by atoms with E-state index in [1.807, 2.05) is 0 Å². The summed E-state index contributed by atoms with van der Waals surface area (Å²) in [5, 5.41) is 13.4. The first-order valence-electron chi connectivity index (χ1n) is 7.45. The zero-order chi connectivity index (χ0) is 14.1. The zero-order valence-corrected chi connectivity index (χ0v) is 11.5. The maximum atomic E-state index is 13.8. The van der Waals surface area contributed by atoms with Gasteiger partial charge in [0, 0.05) is 17.7 Å². The van der Waals surface area contributed by atoms with Crippen LogP contribution in [0.15, 0.2) is 12.1 Å². The van der Waals surface area contributed by atoms with E-state index in [9.17, 15) is 14.3 Å². The van der Waals surface area contributed by atoms with Gasteiger partial charge < -0.3 is 10.4 Å². The molecule has 4 heteroatoms. The third-order valence-electron chi connectivity index (χ3n) is 4.52. The highest BCUT2D eigenvalue weighted by Crippen LogP contribution is 2.39. The summed E-state index contributed by atoms with van der Waals surface area (Å²) in [6, 6.07) is 2.84. The molecule has 1 unspecified atom stereocenters. The summed E-state index contributed by atoms with van der Waals surface area (Å²) in [4.78, 5) is 11.6. The fraction of sp³-hybridized carbons (Fsp3) is 0.562. The van der Waals surface area contributed by atoms with Crippen LogP contribution in [0.4, 0.5) is 10.1 Å². The first-order valence-corrected chi connectivity index (χ1v) is 7.45. The third-order valence-corrected chi connectivity index (χ3v) is 4.52. The van der Waals surface area contributed by atoms with E-state index in [1.165, 1.54) is 18.6 Å². The maximum Gasteiger partial charge on any atom is 0.224 e. The van der Waals surface area contributed by atoms with Crippen molar-refractivity contribution in [2.45, 2.75) is 51.0 Å². The van der Waals surface area contributed by atoms with Gasteiger partial charge in [0.25, 0.3) is 0 Å². The number of anilines is 1. The van der Waals surface area contributed by atoms with Crippen LogP contribution in [0, 0.1) is 11.7 Å². The van der Waals surface area contributed by atoms with Crippen molar-refractivity contribution < 1.29 is 14.3 Å². The number of aliphatic hydroxyl groups excluding tert-OH is 1. The summed E-state index contributed by atoms with van der Waals surface area (Å²) in [6.07, 6.45) is 5.64. The highest BCUT2D eigenvalue weighted by molar-refractivity contribution is 5.94. The van der Waals surface area contributed by atoms with Crippen LogP contribution in [0.2, 0.25) is 0 Å². The molecule has 1 aromatic carbocycles. The lowest BCUT2D eigenvalue weighted by molar-refractivity contribution is -0.116. The molecular weight excluding hydrogens is 257 g/mol. The lowest BCUT2D eigenvalue weighted by Gasteiger charge is -2.30. The smallest absolute Gasteiger partial charge is 0.224 e. The first kappa shape index (κ1) is 13.6. The van der Waals surface area contributed by atoms with Crippen LogP contribution < -0.4 is 5.32 Å². The molecule has 1 aromatic rings. The number of carbonyl (C=O) groups is 1. The number of benzene rings is 1. The van der Waals surface area contributed by atoms with E-state index in [0.29, 0.717) is 24.1 Å². The van der Waals surface area contributed by atoms with Gasteiger partial charge in [-0.15, -0.1) is 0 Å². The van der Waals surface area contributed by atoms with Gasteiger partial charge in [0.1, 0.15) is 5.82 Å². The van der Waals surface area contributed by atoms with E-state index in [-0.39, 0.29) is 17.6 Å². The van der Waals surface area contributed by atoms with Gasteiger partial charge in [0.15, 0.2) is 0 Å². The van der Waals surface area contributed by atoms with Gasteiger partial charge in [-0.3, -0.25) is 4.79 Å². The monoisotopic (exact) mass is 277 g/mol. The van der Waals surface area contributed by atoms with E-state index in [4.69, 9.17) is 0 Å². The molecule has 1 heterocycles. The molecule has 1 amide bonds. The predicted molar refractivity (Wildman–Crippen MR) is 74.9 cm³/mol. The largest absolute Gasteiger partial charge is 0.388 e. The average Bonchev–Trinajstić information content (AvgIpc) is 2.47. The molecule has 1 atom stereocenters. The van der Waals surface area contributed by atoms with Gasteiger partial charge in [0.2, 0.25) is 5.91 Å². The van der Waals surface area contributed by atoms with Crippen LogP contribution in [-0.2, 0) is 11.2 Å². The van der Waals surface area contributed by atoms with Crippen molar-refractivity contribution in [3.05, 3.63) is 29.1 Å². The molecule has 108 valence electrons. The molecule has 1 aliphatic carbocycles. The molecule has 0 aromatic heterocycles. The second-order valence-corrected chi connectivity index (χ2v) is 5.92. The number of hydrogen-bond donors (Lipinski definition) is 2. The van der Waals surface area contributed by atoms with Gasteiger partial charge in [-0.1, -0.05) is 19.3 Å². The molecule has 2 aliphatic rings. The highest BCUT2D eigenvalue weighted by atomic mass is 19.1. The minimum absolute atomic E-state index is 0.0544. The zero-order valence-electron chi connectivity index (χ0n) is 11.5. The van der Waals surface area contributed by atoms with Crippen molar-refractivity contribution in [3.63, 3.8) is 0 Å². The van der Waals surface area contributed by atoms with Crippen LogP contribution in [0.1, 0.15) is 55.8 Å². The minimum atomic E-state index is -0.682. The highest BCUT2D eigenvalue weighted by Gasteiger charge is 2.28. The number of halogens is 1. The molecular formula is C16H20FNO2. The minimum Gasteiger partial charge on any atom is -0.388 e. The van der Waals surface area contributed by atoms with Crippen LogP contribution in [0.5, 0.6) is 0 Å². The Labute approximate surface area is 118 Å². The van der Waals surface area contributed by atoms with Gasteiger partial charge in [-0.05, 0) is 42.9 Å². The normalized spacial score (nSPS) is 21.2. The van der Waals surface area contributed by atoms with E-state index in [2.05, 4.69) is 5.32 Å². The van der Waals surface area contributed by atoms with Gasteiger partial charge in [0.05, 0.1) is 6.10 Å². The molecule has 3 nitrogen and oxygen atoms in total. The Balaban J connectivity index is 1.95. The van der Waals surface area contributed by atoms with Gasteiger partial charge in [-0.25, -0.2) is 4.39 Å². The van der Waals surface area contributed by atoms with Crippen molar-refractivity contribution in [1.82, 2.24) is 0 Å². The van der Waals surface area contributed by atoms with Crippen molar-refractivity contribution in [3.8, 4) is 0 Å².